The molecule has 3 rings (SSSR count). The Balaban J connectivity index is 1.72. The zero-order valence-corrected chi connectivity index (χ0v) is 15.6. The summed E-state index contributed by atoms with van der Waals surface area (Å²) in [6.45, 7) is 4.74. The van der Waals surface area contributed by atoms with Gasteiger partial charge in [0.15, 0.2) is 0 Å². The van der Waals surface area contributed by atoms with E-state index in [1.807, 2.05) is 44.2 Å². The molecule has 1 N–H and O–H groups in total. The van der Waals surface area contributed by atoms with Crippen molar-refractivity contribution in [1.29, 1.82) is 5.26 Å². The number of hydrazone groups is 1. The van der Waals surface area contributed by atoms with Gasteiger partial charge in [0.05, 0.1) is 23.4 Å². The highest BCUT2D eigenvalue weighted by Crippen LogP contribution is 2.16. The van der Waals surface area contributed by atoms with Gasteiger partial charge in [-0.2, -0.15) is 10.4 Å². The Bertz CT molecular complexity index is 1080. The molecule has 0 aliphatic rings. The number of aryl methyl sites for hydroxylation is 1. The zero-order valence-electron chi connectivity index (χ0n) is 15.6. The van der Waals surface area contributed by atoms with Crippen LogP contribution in [0.15, 0.2) is 59.7 Å². The summed E-state index contributed by atoms with van der Waals surface area (Å²) in [7, 11) is 0. The van der Waals surface area contributed by atoms with Gasteiger partial charge in [-0.25, -0.2) is 9.82 Å². The third kappa shape index (κ3) is 4.15. The number of nitrogens with zero attached hydrogens (tertiary/aromatic N) is 3. The quantitative estimate of drug-likeness (QED) is 0.543. The maximum absolute atomic E-state index is 13.9. The van der Waals surface area contributed by atoms with Crippen molar-refractivity contribution in [1.82, 2.24) is 9.99 Å². The molecule has 0 unspecified atom stereocenters. The van der Waals surface area contributed by atoms with Gasteiger partial charge in [-0.15, -0.1) is 0 Å². The number of nitriles is 1. The van der Waals surface area contributed by atoms with Crippen LogP contribution in [0.3, 0.4) is 0 Å². The van der Waals surface area contributed by atoms with Crippen LogP contribution in [0.4, 0.5) is 4.39 Å². The highest BCUT2D eigenvalue weighted by atomic mass is 19.1. The van der Waals surface area contributed by atoms with E-state index < -0.39 is 11.7 Å². The molecule has 0 fully saturated rings. The Hall–Kier alpha value is -3.72. The van der Waals surface area contributed by atoms with Crippen molar-refractivity contribution in [2.24, 2.45) is 5.10 Å². The Morgan fingerprint density at radius 1 is 1.21 bits per heavy atom. The largest absolute Gasteiger partial charge is 0.344 e. The number of carbonyl (C=O) groups is 1. The molecular weight excluding hydrogens is 355 g/mol. The summed E-state index contributed by atoms with van der Waals surface area (Å²) in [5.41, 5.74) is 6.48. The lowest BCUT2D eigenvalue weighted by Crippen LogP contribution is -2.19. The molecule has 1 aromatic heterocycles. The summed E-state index contributed by atoms with van der Waals surface area (Å²) in [4.78, 5) is 12.1. The molecule has 0 atom stereocenters. The number of amides is 1. The molecule has 28 heavy (non-hydrogen) atoms. The second-order valence-electron chi connectivity index (χ2n) is 6.40. The van der Waals surface area contributed by atoms with E-state index in [1.54, 1.807) is 6.21 Å². The van der Waals surface area contributed by atoms with Crippen LogP contribution in [0.5, 0.6) is 0 Å². The van der Waals surface area contributed by atoms with Crippen molar-refractivity contribution >= 4 is 12.1 Å². The zero-order chi connectivity index (χ0) is 20.1. The number of carbonyl (C=O) groups excluding carboxylic acids is 1. The molecule has 0 aliphatic heterocycles. The lowest BCUT2D eigenvalue weighted by molar-refractivity contribution is 0.0951. The van der Waals surface area contributed by atoms with E-state index in [1.165, 1.54) is 17.7 Å². The third-order valence-corrected chi connectivity index (χ3v) is 4.51. The third-order valence-electron chi connectivity index (χ3n) is 4.51. The first-order chi connectivity index (χ1) is 13.5. The van der Waals surface area contributed by atoms with Crippen LogP contribution in [-0.2, 0) is 6.54 Å². The Morgan fingerprint density at radius 3 is 2.64 bits per heavy atom. The summed E-state index contributed by atoms with van der Waals surface area (Å²) in [5, 5.41) is 12.7. The lowest BCUT2D eigenvalue weighted by Gasteiger charge is -2.09. The van der Waals surface area contributed by atoms with Gasteiger partial charge in [0.2, 0.25) is 0 Å². The predicted octanol–water partition coefficient (Wildman–Crippen LogP) is 3.93. The second-order valence-corrected chi connectivity index (χ2v) is 6.40. The van der Waals surface area contributed by atoms with Gasteiger partial charge in [0, 0.05) is 23.5 Å². The highest BCUT2D eigenvalue weighted by molar-refractivity contribution is 5.95. The molecule has 3 aromatic rings. The first kappa shape index (κ1) is 19.1. The molecule has 0 aliphatic carbocycles. The molecule has 140 valence electrons. The van der Waals surface area contributed by atoms with Gasteiger partial charge in [-0.1, -0.05) is 30.3 Å². The van der Waals surface area contributed by atoms with Crippen molar-refractivity contribution in [2.75, 3.05) is 0 Å². The smallest absolute Gasteiger partial charge is 0.274 e. The molecule has 0 radical (unpaired) electrons. The van der Waals surface area contributed by atoms with E-state index in [9.17, 15) is 9.18 Å². The summed E-state index contributed by atoms with van der Waals surface area (Å²) < 4.78 is 16.1. The average Bonchev–Trinajstić information content (AvgIpc) is 2.96. The molecule has 0 saturated carbocycles. The van der Waals surface area contributed by atoms with E-state index in [0.717, 1.165) is 29.6 Å². The van der Waals surface area contributed by atoms with E-state index in [2.05, 4.69) is 27.2 Å². The first-order valence-electron chi connectivity index (χ1n) is 8.73. The SMILES string of the molecule is Cc1cc(/C=N\NC(=O)c2ccc(C#N)cc2F)c(C)n1Cc1ccccc1. The van der Waals surface area contributed by atoms with Crippen LogP contribution in [0.25, 0.3) is 0 Å². The van der Waals surface area contributed by atoms with Gasteiger partial charge >= 0.3 is 0 Å². The lowest BCUT2D eigenvalue weighted by atomic mass is 10.1. The molecule has 2 aromatic carbocycles. The number of halogens is 1. The monoisotopic (exact) mass is 374 g/mol. The maximum atomic E-state index is 13.9. The summed E-state index contributed by atoms with van der Waals surface area (Å²) in [6, 6.07) is 17.6. The van der Waals surface area contributed by atoms with Crippen LogP contribution in [0, 0.1) is 31.0 Å². The summed E-state index contributed by atoms with van der Waals surface area (Å²) in [6.07, 6.45) is 1.54. The van der Waals surface area contributed by atoms with Crippen molar-refractivity contribution in [3.05, 3.63) is 94.1 Å². The predicted molar refractivity (Wildman–Crippen MR) is 106 cm³/mol. The fourth-order valence-electron chi connectivity index (χ4n) is 2.96. The fourth-order valence-corrected chi connectivity index (χ4v) is 2.96. The van der Waals surface area contributed by atoms with Crippen molar-refractivity contribution in [3.63, 3.8) is 0 Å². The summed E-state index contributed by atoms with van der Waals surface area (Å²) in [5.74, 6) is -1.43. The van der Waals surface area contributed by atoms with Crippen LogP contribution >= 0.6 is 0 Å². The Morgan fingerprint density at radius 2 is 1.96 bits per heavy atom. The number of hydrogen-bond donors (Lipinski definition) is 1. The maximum Gasteiger partial charge on any atom is 0.274 e. The van der Waals surface area contributed by atoms with Gasteiger partial charge in [-0.05, 0) is 43.7 Å². The molecule has 0 spiro atoms. The van der Waals surface area contributed by atoms with Crippen molar-refractivity contribution in [2.45, 2.75) is 20.4 Å². The molecule has 6 heteroatoms. The van der Waals surface area contributed by atoms with Gasteiger partial charge < -0.3 is 4.57 Å². The molecule has 0 bridgehead atoms. The van der Waals surface area contributed by atoms with E-state index >= 15 is 0 Å². The molecule has 1 heterocycles. The average molecular weight is 374 g/mol. The van der Waals surface area contributed by atoms with Crippen molar-refractivity contribution in [3.8, 4) is 6.07 Å². The van der Waals surface area contributed by atoms with Gasteiger partial charge in [0.1, 0.15) is 5.82 Å². The van der Waals surface area contributed by atoms with E-state index in [4.69, 9.17) is 5.26 Å². The second kappa shape index (κ2) is 8.31. The number of hydrogen-bond acceptors (Lipinski definition) is 3. The molecule has 1 amide bonds. The van der Waals surface area contributed by atoms with E-state index in [0.29, 0.717) is 0 Å². The summed E-state index contributed by atoms with van der Waals surface area (Å²) >= 11 is 0. The van der Waals surface area contributed by atoms with Crippen LogP contribution in [-0.4, -0.2) is 16.7 Å². The minimum atomic E-state index is -0.757. The minimum absolute atomic E-state index is 0.156. The van der Waals surface area contributed by atoms with E-state index in [-0.39, 0.29) is 11.1 Å². The number of benzene rings is 2. The minimum Gasteiger partial charge on any atom is -0.344 e. The molecule has 0 saturated heterocycles. The van der Waals surface area contributed by atoms with Crippen LogP contribution in [0.2, 0.25) is 0 Å². The first-order valence-corrected chi connectivity index (χ1v) is 8.73. The number of rotatable bonds is 5. The Labute approximate surface area is 162 Å². The molecule has 5 nitrogen and oxygen atoms in total. The van der Waals surface area contributed by atoms with Crippen LogP contribution in [0.1, 0.15) is 38.4 Å². The number of aromatic nitrogens is 1. The number of nitrogens with one attached hydrogen (secondary N) is 1. The van der Waals surface area contributed by atoms with Crippen molar-refractivity contribution < 1.29 is 9.18 Å². The highest BCUT2D eigenvalue weighted by Gasteiger charge is 2.12. The fraction of sp³-hybridized carbons (Fsp3) is 0.136. The Kier molecular flexibility index (Phi) is 5.66. The van der Waals surface area contributed by atoms with Gasteiger partial charge in [-0.3, -0.25) is 4.79 Å². The van der Waals surface area contributed by atoms with Gasteiger partial charge in [0.25, 0.3) is 5.91 Å². The molecular formula is C22H19FN4O. The topological polar surface area (TPSA) is 70.2 Å². The van der Waals surface area contributed by atoms with Crippen LogP contribution < -0.4 is 5.43 Å². The normalized spacial score (nSPS) is 10.8. The standard InChI is InChI=1S/C22H19FN4O/c1-15-10-19(16(2)27(15)14-17-6-4-3-5-7-17)13-25-26-22(28)20-9-8-18(12-24)11-21(20)23/h3-11,13H,14H2,1-2H3,(H,26,28)/b25-13-.